The van der Waals surface area contributed by atoms with Crippen LogP contribution in [0.5, 0.6) is 11.6 Å². The van der Waals surface area contributed by atoms with Gasteiger partial charge in [-0.3, -0.25) is 4.79 Å². The van der Waals surface area contributed by atoms with Crippen molar-refractivity contribution in [3.63, 3.8) is 0 Å². The van der Waals surface area contributed by atoms with E-state index in [1.54, 1.807) is 19.2 Å². The molecule has 2 N–H and O–H groups in total. The second kappa shape index (κ2) is 9.21. The van der Waals surface area contributed by atoms with Crippen molar-refractivity contribution >= 4 is 23.2 Å². The third-order valence-corrected chi connectivity index (χ3v) is 4.03. The average Bonchev–Trinajstić information content (AvgIpc) is 3.46. The molecule has 0 aromatic carbocycles. The maximum absolute atomic E-state index is 14.6. The van der Waals surface area contributed by atoms with E-state index in [2.05, 4.69) is 25.6 Å². The summed E-state index contributed by atoms with van der Waals surface area (Å²) in [5.41, 5.74) is -1.26. The van der Waals surface area contributed by atoms with Crippen molar-refractivity contribution in [2.45, 2.75) is 45.4 Å². The van der Waals surface area contributed by atoms with Gasteiger partial charge >= 0.3 is 0 Å². The molecular weight excluding hydrogens is 393 g/mol. The first-order valence-corrected chi connectivity index (χ1v) is 9.66. The number of nitrogens with one attached hydrogen (secondary N) is 2. The Labute approximate surface area is 174 Å². The van der Waals surface area contributed by atoms with Crippen molar-refractivity contribution in [1.82, 2.24) is 15.0 Å². The van der Waals surface area contributed by atoms with E-state index in [4.69, 9.17) is 14.2 Å². The summed E-state index contributed by atoms with van der Waals surface area (Å²) in [6, 6.07) is 3.21. The van der Waals surface area contributed by atoms with Gasteiger partial charge in [0.25, 0.3) is 0 Å². The second-order valence-electron chi connectivity index (χ2n) is 7.42. The summed E-state index contributed by atoms with van der Waals surface area (Å²) in [7, 11) is 1.57. The molecule has 1 fully saturated rings. The molecule has 0 unspecified atom stereocenters. The highest BCUT2D eigenvalue weighted by Crippen LogP contribution is 2.33. The van der Waals surface area contributed by atoms with Crippen LogP contribution in [0.3, 0.4) is 0 Å². The van der Waals surface area contributed by atoms with E-state index < -0.39 is 5.67 Å². The minimum atomic E-state index is -1.75. The zero-order valence-electron chi connectivity index (χ0n) is 17.5. The lowest BCUT2D eigenvalue weighted by atomic mass is 10.1. The molecule has 1 aliphatic carbocycles. The number of alkyl halides is 1. The van der Waals surface area contributed by atoms with E-state index in [0.29, 0.717) is 42.2 Å². The Bertz CT molecular complexity index is 899. The Morgan fingerprint density at radius 3 is 2.63 bits per heavy atom. The normalized spacial score (nSPS) is 13.6. The molecule has 9 nitrogen and oxygen atoms in total. The van der Waals surface area contributed by atoms with E-state index in [1.807, 2.05) is 0 Å². The molecule has 3 rings (SSSR count). The van der Waals surface area contributed by atoms with Crippen LogP contribution in [0.1, 0.15) is 39.4 Å². The van der Waals surface area contributed by atoms with Crippen molar-refractivity contribution in [3.8, 4) is 11.6 Å². The molecule has 10 heteroatoms. The van der Waals surface area contributed by atoms with Crippen molar-refractivity contribution < 1.29 is 23.4 Å². The number of anilines is 3. The fourth-order valence-corrected chi connectivity index (χ4v) is 2.45. The van der Waals surface area contributed by atoms with Gasteiger partial charge in [-0.2, -0.15) is 4.98 Å². The summed E-state index contributed by atoms with van der Waals surface area (Å²) in [5.74, 6) is 1.13. The van der Waals surface area contributed by atoms with Crippen LogP contribution in [-0.4, -0.2) is 47.3 Å². The van der Waals surface area contributed by atoms with Gasteiger partial charge in [0.1, 0.15) is 24.3 Å². The predicted octanol–water partition coefficient (Wildman–Crippen LogP) is 3.34. The van der Waals surface area contributed by atoms with E-state index in [1.165, 1.54) is 27.0 Å². The number of aromatic nitrogens is 3. The molecule has 0 saturated heterocycles. The Balaban J connectivity index is 1.92. The monoisotopic (exact) mass is 419 g/mol. The molecular formula is C20H26FN5O4. The zero-order valence-corrected chi connectivity index (χ0v) is 17.5. The molecule has 0 bridgehead atoms. The molecule has 162 valence electrons. The van der Waals surface area contributed by atoms with Gasteiger partial charge in [0, 0.05) is 26.2 Å². The Kier molecular flexibility index (Phi) is 6.66. The summed E-state index contributed by atoms with van der Waals surface area (Å²) in [6.07, 6.45) is 3.47. The van der Waals surface area contributed by atoms with Gasteiger partial charge in [-0.05, 0) is 26.7 Å². The Morgan fingerprint density at radius 1 is 1.23 bits per heavy atom. The SMILES string of the molecule is COCCOc1cnc(NC(C)=O)cc1Nc1cc(OC2CC2)nc(C(C)(C)F)n1. The highest BCUT2D eigenvalue weighted by molar-refractivity contribution is 5.88. The van der Waals surface area contributed by atoms with E-state index >= 15 is 0 Å². The largest absolute Gasteiger partial charge is 0.487 e. The smallest absolute Gasteiger partial charge is 0.222 e. The lowest BCUT2D eigenvalue weighted by molar-refractivity contribution is -0.114. The number of hydrogen-bond donors (Lipinski definition) is 2. The number of hydrogen-bond acceptors (Lipinski definition) is 8. The molecule has 0 atom stereocenters. The quantitative estimate of drug-likeness (QED) is 0.565. The standard InChI is InChI=1S/C20H26FN5O4/c1-12(27)23-16-9-14(15(11-22-16)29-8-7-28-4)24-17-10-18(30-13-5-6-13)26-19(25-17)20(2,3)21/h9-11,13H,5-8H2,1-4H3,(H2,22,23,24,25,26,27). The lowest BCUT2D eigenvalue weighted by Crippen LogP contribution is -2.16. The van der Waals surface area contributed by atoms with Crippen LogP contribution >= 0.6 is 0 Å². The van der Waals surface area contributed by atoms with Crippen LogP contribution in [-0.2, 0) is 15.2 Å². The fourth-order valence-electron chi connectivity index (χ4n) is 2.45. The number of methoxy groups -OCH3 is 1. The molecule has 2 heterocycles. The second-order valence-corrected chi connectivity index (χ2v) is 7.42. The number of pyridine rings is 1. The third-order valence-electron chi connectivity index (χ3n) is 4.03. The maximum Gasteiger partial charge on any atom is 0.222 e. The Hall–Kier alpha value is -3.01. The van der Waals surface area contributed by atoms with Crippen molar-refractivity contribution in [2.24, 2.45) is 0 Å². The summed E-state index contributed by atoms with van der Waals surface area (Å²) in [6.45, 7) is 4.84. The highest BCUT2D eigenvalue weighted by Gasteiger charge is 2.28. The summed E-state index contributed by atoms with van der Waals surface area (Å²) >= 11 is 0. The van der Waals surface area contributed by atoms with Crippen molar-refractivity contribution in [1.29, 1.82) is 0 Å². The molecule has 2 aromatic heterocycles. The number of rotatable bonds is 10. The minimum absolute atomic E-state index is 0.00106. The van der Waals surface area contributed by atoms with Crippen molar-refractivity contribution in [3.05, 3.63) is 24.2 Å². The molecule has 1 aliphatic rings. The van der Waals surface area contributed by atoms with E-state index in [0.717, 1.165) is 12.8 Å². The number of ether oxygens (including phenoxy) is 3. The molecule has 0 spiro atoms. The predicted molar refractivity (Wildman–Crippen MR) is 109 cm³/mol. The summed E-state index contributed by atoms with van der Waals surface area (Å²) in [5, 5.41) is 5.72. The summed E-state index contributed by atoms with van der Waals surface area (Å²) < 4.78 is 31.0. The number of nitrogens with zero attached hydrogens (tertiary/aromatic N) is 3. The van der Waals surface area contributed by atoms with Crippen LogP contribution in [0.15, 0.2) is 18.3 Å². The van der Waals surface area contributed by atoms with Gasteiger partial charge in [-0.1, -0.05) is 0 Å². The van der Waals surface area contributed by atoms with E-state index in [9.17, 15) is 9.18 Å². The van der Waals surface area contributed by atoms with Gasteiger partial charge in [-0.25, -0.2) is 14.4 Å². The van der Waals surface area contributed by atoms with E-state index in [-0.39, 0.29) is 17.8 Å². The van der Waals surface area contributed by atoms with Gasteiger partial charge < -0.3 is 24.8 Å². The summed E-state index contributed by atoms with van der Waals surface area (Å²) in [4.78, 5) is 24.0. The van der Waals surface area contributed by atoms with Crippen LogP contribution in [0, 0.1) is 0 Å². The first-order chi connectivity index (χ1) is 14.2. The number of carbonyl (C=O) groups is 1. The molecule has 0 aliphatic heterocycles. The molecule has 0 radical (unpaired) electrons. The van der Waals surface area contributed by atoms with Gasteiger partial charge in [-0.15, -0.1) is 0 Å². The first-order valence-electron chi connectivity index (χ1n) is 9.66. The Morgan fingerprint density at radius 2 is 2.00 bits per heavy atom. The fraction of sp³-hybridized carbons (Fsp3) is 0.500. The molecule has 30 heavy (non-hydrogen) atoms. The number of carbonyl (C=O) groups excluding carboxylic acids is 1. The lowest BCUT2D eigenvalue weighted by Gasteiger charge is -2.18. The third kappa shape index (κ3) is 6.24. The molecule has 1 amide bonds. The van der Waals surface area contributed by atoms with Gasteiger partial charge in [0.05, 0.1) is 18.5 Å². The van der Waals surface area contributed by atoms with Crippen LogP contribution < -0.4 is 20.1 Å². The maximum atomic E-state index is 14.6. The zero-order chi connectivity index (χ0) is 21.7. The minimum Gasteiger partial charge on any atom is -0.487 e. The number of amides is 1. The van der Waals surface area contributed by atoms with Gasteiger partial charge in [0.15, 0.2) is 17.2 Å². The average molecular weight is 419 g/mol. The van der Waals surface area contributed by atoms with Crippen LogP contribution in [0.25, 0.3) is 0 Å². The van der Waals surface area contributed by atoms with Crippen molar-refractivity contribution in [2.75, 3.05) is 31.0 Å². The van der Waals surface area contributed by atoms with Crippen LogP contribution in [0.2, 0.25) is 0 Å². The number of halogens is 1. The molecule has 1 saturated carbocycles. The first kappa shape index (κ1) is 21.7. The molecule has 2 aromatic rings. The van der Waals surface area contributed by atoms with Crippen LogP contribution in [0.4, 0.5) is 21.7 Å². The topological polar surface area (TPSA) is 107 Å². The highest BCUT2D eigenvalue weighted by atomic mass is 19.1. The van der Waals surface area contributed by atoms with Gasteiger partial charge in [0.2, 0.25) is 11.8 Å².